The van der Waals surface area contributed by atoms with E-state index in [4.69, 9.17) is 4.74 Å². The van der Waals surface area contributed by atoms with Crippen LogP contribution in [0.5, 0.6) is 11.8 Å². The molecule has 1 amide bonds. The minimum atomic E-state index is -4.44. The zero-order valence-electron chi connectivity index (χ0n) is 15.2. The van der Waals surface area contributed by atoms with E-state index in [9.17, 15) is 26.7 Å². The summed E-state index contributed by atoms with van der Waals surface area (Å²) in [5.74, 6) is -6.89. The largest absolute Gasteiger partial charge is 0.481 e. The number of carbonyl (C=O) groups excluding carboxylic acids is 1. The Morgan fingerprint density at radius 1 is 1.43 bits per heavy atom. The molecule has 1 N–H and O–H groups in total. The number of nitrogens with one attached hydrogen (secondary N) is 1. The van der Waals surface area contributed by atoms with Crippen molar-refractivity contribution in [2.45, 2.75) is 37.8 Å². The third-order valence-electron chi connectivity index (χ3n) is 4.17. The van der Waals surface area contributed by atoms with Crippen LogP contribution in [0.25, 0.3) is 0 Å². The van der Waals surface area contributed by atoms with Crippen molar-refractivity contribution < 1.29 is 36.2 Å². The van der Waals surface area contributed by atoms with Gasteiger partial charge in [-0.25, -0.2) is 13.2 Å². The Morgan fingerprint density at radius 2 is 2.11 bits per heavy atom. The molecular formula is C16H21ClF5N3O3. The minimum Gasteiger partial charge on any atom is -0.481 e. The molecule has 6 nitrogen and oxygen atoms in total. The van der Waals surface area contributed by atoms with Gasteiger partial charge in [0, 0.05) is 12.1 Å². The number of methoxy groups -OCH3 is 1. The second-order valence-electron chi connectivity index (χ2n) is 6.15. The van der Waals surface area contributed by atoms with Gasteiger partial charge >= 0.3 is 12.3 Å². The lowest BCUT2D eigenvalue weighted by atomic mass is 10.2. The van der Waals surface area contributed by atoms with Crippen LogP contribution >= 0.6 is 12.4 Å². The molecule has 1 atom stereocenters. The van der Waals surface area contributed by atoms with E-state index in [-0.39, 0.29) is 42.3 Å². The van der Waals surface area contributed by atoms with Crippen LogP contribution in [0.2, 0.25) is 0 Å². The number of ether oxygens (including phenoxy) is 2. The van der Waals surface area contributed by atoms with Gasteiger partial charge in [-0.1, -0.05) is 0 Å². The second-order valence-corrected chi connectivity index (χ2v) is 6.15. The fourth-order valence-corrected chi connectivity index (χ4v) is 2.67. The SMILES string of the molecule is COc1nc(OCC(F)(F)C(F)F)c(F)cc1CNC(=O)[C@@H]1CCCN1C.Cl. The van der Waals surface area contributed by atoms with Gasteiger partial charge in [-0.2, -0.15) is 13.8 Å². The predicted molar refractivity (Wildman–Crippen MR) is 91.9 cm³/mol. The molecule has 2 heterocycles. The number of hydrogen-bond donors (Lipinski definition) is 1. The molecule has 1 fully saturated rings. The molecule has 0 radical (unpaired) electrons. The molecular weight excluding hydrogens is 413 g/mol. The van der Waals surface area contributed by atoms with Crippen molar-refractivity contribution >= 4 is 18.3 Å². The summed E-state index contributed by atoms with van der Waals surface area (Å²) in [5.41, 5.74) is 0.150. The van der Waals surface area contributed by atoms with Crippen LogP contribution in [0.15, 0.2) is 6.07 Å². The number of aromatic nitrogens is 1. The van der Waals surface area contributed by atoms with Gasteiger partial charge in [0.15, 0.2) is 12.4 Å². The summed E-state index contributed by atoms with van der Waals surface area (Å²) >= 11 is 0. The molecule has 160 valence electrons. The summed E-state index contributed by atoms with van der Waals surface area (Å²) in [6.45, 7) is -1.04. The Hall–Kier alpha value is -1.88. The topological polar surface area (TPSA) is 63.7 Å². The molecule has 1 aromatic heterocycles. The summed E-state index contributed by atoms with van der Waals surface area (Å²) in [7, 11) is 3.02. The minimum absolute atomic E-state index is 0. The fraction of sp³-hybridized carbons (Fsp3) is 0.625. The summed E-state index contributed by atoms with van der Waals surface area (Å²) in [6.07, 6.45) is -2.36. The third kappa shape index (κ3) is 5.81. The van der Waals surface area contributed by atoms with Crippen molar-refractivity contribution in [2.75, 3.05) is 27.3 Å². The smallest absolute Gasteiger partial charge is 0.340 e. The first-order valence-electron chi connectivity index (χ1n) is 8.16. The molecule has 0 saturated carbocycles. The lowest BCUT2D eigenvalue weighted by Gasteiger charge is -2.19. The maximum atomic E-state index is 14.0. The van der Waals surface area contributed by atoms with E-state index >= 15 is 0 Å². The highest BCUT2D eigenvalue weighted by Crippen LogP contribution is 2.27. The molecule has 2 rings (SSSR count). The van der Waals surface area contributed by atoms with Crippen molar-refractivity contribution in [1.82, 2.24) is 15.2 Å². The molecule has 1 saturated heterocycles. The number of rotatable bonds is 8. The number of nitrogens with zero attached hydrogens (tertiary/aromatic N) is 2. The quantitative estimate of drug-likeness (QED) is 0.639. The summed E-state index contributed by atoms with van der Waals surface area (Å²) in [6, 6.07) is 0.605. The molecule has 0 spiro atoms. The highest BCUT2D eigenvalue weighted by Gasteiger charge is 2.42. The van der Waals surface area contributed by atoms with Crippen molar-refractivity contribution in [3.8, 4) is 11.8 Å². The maximum Gasteiger partial charge on any atom is 0.340 e. The van der Waals surface area contributed by atoms with Gasteiger partial charge in [0.1, 0.15) is 0 Å². The molecule has 1 aromatic rings. The van der Waals surface area contributed by atoms with Crippen LogP contribution in [0.4, 0.5) is 22.0 Å². The van der Waals surface area contributed by atoms with E-state index < -0.39 is 30.7 Å². The first-order chi connectivity index (χ1) is 12.7. The van der Waals surface area contributed by atoms with Gasteiger partial charge in [0.25, 0.3) is 5.88 Å². The van der Waals surface area contributed by atoms with E-state index in [1.54, 1.807) is 0 Å². The average molecular weight is 434 g/mol. The zero-order chi connectivity index (χ0) is 20.2. The molecule has 28 heavy (non-hydrogen) atoms. The van der Waals surface area contributed by atoms with Crippen LogP contribution < -0.4 is 14.8 Å². The monoisotopic (exact) mass is 433 g/mol. The van der Waals surface area contributed by atoms with Gasteiger partial charge in [-0.05, 0) is 32.5 Å². The van der Waals surface area contributed by atoms with Crippen molar-refractivity contribution in [2.24, 2.45) is 0 Å². The van der Waals surface area contributed by atoms with Gasteiger partial charge in [0.05, 0.1) is 13.2 Å². The number of hydrogen-bond acceptors (Lipinski definition) is 5. The molecule has 1 aliphatic rings. The predicted octanol–water partition coefficient (Wildman–Crippen LogP) is 2.64. The van der Waals surface area contributed by atoms with E-state index in [2.05, 4.69) is 15.0 Å². The average Bonchev–Trinajstić information content (AvgIpc) is 3.04. The van der Waals surface area contributed by atoms with Crippen LogP contribution in [0.1, 0.15) is 18.4 Å². The maximum absolute atomic E-state index is 14.0. The number of likely N-dealkylation sites (tertiary alicyclic amines) is 1. The molecule has 0 aliphatic carbocycles. The number of pyridine rings is 1. The Labute approximate surface area is 164 Å². The molecule has 0 unspecified atom stereocenters. The highest BCUT2D eigenvalue weighted by atomic mass is 35.5. The van der Waals surface area contributed by atoms with Crippen LogP contribution in [0, 0.1) is 5.82 Å². The van der Waals surface area contributed by atoms with E-state index in [0.717, 1.165) is 19.0 Å². The number of alkyl halides is 4. The number of carbonyl (C=O) groups is 1. The van der Waals surface area contributed by atoms with Crippen molar-refractivity contribution in [3.63, 3.8) is 0 Å². The Kier molecular flexibility index (Phi) is 8.68. The summed E-state index contributed by atoms with van der Waals surface area (Å²) < 4.78 is 73.5. The van der Waals surface area contributed by atoms with Gasteiger partial charge in [-0.3, -0.25) is 9.69 Å². The van der Waals surface area contributed by atoms with Gasteiger partial charge in [-0.15, -0.1) is 12.4 Å². The zero-order valence-corrected chi connectivity index (χ0v) is 16.0. The van der Waals surface area contributed by atoms with E-state index in [0.29, 0.717) is 6.42 Å². The summed E-state index contributed by atoms with van der Waals surface area (Å²) in [5, 5.41) is 2.64. The first kappa shape index (κ1) is 24.2. The van der Waals surface area contributed by atoms with Crippen molar-refractivity contribution in [1.29, 1.82) is 0 Å². The number of halogens is 6. The highest BCUT2D eigenvalue weighted by molar-refractivity contribution is 5.85. The van der Waals surface area contributed by atoms with E-state index in [1.807, 2.05) is 11.9 Å². The standard InChI is InChI=1S/C16H20F5N3O3.ClH/c1-24-5-3-4-11(24)12(25)22-7-9-6-10(17)14(23-13(9)26-2)27-8-16(20,21)15(18)19;/h6,11,15H,3-5,7-8H2,1-2H3,(H,22,25);1H/t11-;/m0./s1. The lowest BCUT2D eigenvalue weighted by Crippen LogP contribution is -2.41. The molecule has 1 aliphatic heterocycles. The molecule has 0 aromatic carbocycles. The van der Waals surface area contributed by atoms with Crippen molar-refractivity contribution in [3.05, 3.63) is 17.4 Å². The number of likely N-dealkylation sites (N-methyl/N-ethyl adjacent to an activating group) is 1. The lowest BCUT2D eigenvalue weighted by molar-refractivity contribution is -0.149. The first-order valence-corrected chi connectivity index (χ1v) is 8.16. The van der Waals surface area contributed by atoms with E-state index in [1.165, 1.54) is 7.11 Å². The van der Waals surface area contributed by atoms with Gasteiger partial charge < -0.3 is 14.8 Å². The molecule has 0 bridgehead atoms. The third-order valence-corrected chi connectivity index (χ3v) is 4.17. The second kappa shape index (κ2) is 10.1. The van der Waals surface area contributed by atoms with Crippen LogP contribution in [-0.2, 0) is 11.3 Å². The normalized spacial score (nSPS) is 17.4. The van der Waals surface area contributed by atoms with Gasteiger partial charge in [0.2, 0.25) is 11.8 Å². The Bertz CT molecular complexity index is 681. The fourth-order valence-electron chi connectivity index (χ4n) is 2.67. The van der Waals surface area contributed by atoms with Crippen LogP contribution in [-0.4, -0.2) is 61.5 Å². The molecule has 12 heteroatoms. The number of amides is 1. The summed E-state index contributed by atoms with van der Waals surface area (Å²) in [4.78, 5) is 17.6. The Morgan fingerprint density at radius 3 is 2.64 bits per heavy atom. The van der Waals surface area contributed by atoms with Crippen LogP contribution in [0.3, 0.4) is 0 Å². The Balaban J connectivity index is 0.00000392.